The molecule has 0 aliphatic rings. The van der Waals surface area contributed by atoms with Crippen molar-refractivity contribution in [2.24, 2.45) is 0 Å². The Balaban J connectivity index is -0.000000249. The fraction of sp³-hybridized carbons (Fsp3) is 1.00. The topological polar surface area (TPSA) is 175 Å². The summed E-state index contributed by atoms with van der Waals surface area (Å²) in [6.07, 6.45) is 0. The third-order valence-corrected chi connectivity index (χ3v) is 0.717. The van der Waals surface area contributed by atoms with E-state index in [1.54, 1.807) is 0 Å². The highest BCUT2D eigenvalue weighted by Crippen LogP contribution is 1.79. The van der Waals surface area contributed by atoms with Gasteiger partial charge in [-0.25, -0.2) is 0 Å². The standard InChI is InChI=1S/C2H8B2O6.C2H6O2.H3N/c5-3(6)9-1-2-10-4(7)8;3-1-2-4;/h5-8H,1-2H2;3-4H,1-2H2;1H3. The molecule has 0 aromatic heterocycles. The SMILES string of the molecule is N.OB(O)OCCOB(O)O.OCCO. The zero-order chi connectivity index (χ0) is 11.4. The molecule has 0 heterocycles. The second-order valence-electron chi connectivity index (χ2n) is 1.84. The van der Waals surface area contributed by atoms with Crippen molar-refractivity contribution in [3.8, 4) is 0 Å². The van der Waals surface area contributed by atoms with Crippen LogP contribution in [0.1, 0.15) is 0 Å². The van der Waals surface area contributed by atoms with E-state index in [-0.39, 0.29) is 32.6 Å². The summed E-state index contributed by atoms with van der Waals surface area (Å²) in [5.41, 5.74) is 0. The molecule has 0 spiro atoms. The maximum absolute atomic E-state index is 8.07. The minimum atomic E-state index is -1.85. The molecule has 0 saturated heterocycles. The molecule has 11 heteroatoms. The third kappa shape index (κ3) is 31.6. The predicted octanol–water partition coefficient (Wildman–Crippen LogP) is -3.91. The minimum absolute atomic E-state index is 0. The van der Waals surface area contributed by atoms with Gasteiger partial charge in [-0.1, -0.05) is 0 Å². The number of aliphatic hydroxyl groups excluding tert-OH is 2. The molecule has 0 aromatic rings. The second-order valence-corrected chi connectivity index (χ2v) is 1.84. The first-order chi connectivity index (χ1) is 6.54. The average Bonchev–Trinajstić information content (AvgIpc) is 2.12. The van der Waals surface area contributed by atoms with E-state index in [0.29, 0.717) is 0 Å². The molecule has 0 aliphatic heterocycles. The van der Waals surface area contributed by atoms with Crippen LogP contribution in [0.4, 0.5) is 0 Å². The molecule has 0 bridgehead atoms. The Kier molecular flexibility index (Phi) is 21.8. The predicted molar refractivity (Wildman–Crippen MR) is 51.5 cm³/mol. The van der Waals surface area contributed by atoms with Crippen molar-refractivity contribution >= 4 is 14.6 Å². The maximum atomic E-state index is 8.07. The molecule has 0 saturated carbocycles. The van der Waals surface area contributed by atoms with Gasteiger partial charge in [0.2, 0.25) is 0 Å². The molecule has 0 amide bonds. The van der Waals surface area contributed by atoms with E-state index in [0.717, 1.165) is 0 Å². The molecule has 0 aromatic carbocycles. The van der Waals surface area contributed by atoms with Gasteiger partial charge in [0.25, 0.3) is 0 Å². The molecule has 9 nitrogen and oxygen atoms in total. The van der Waals surface area contributed by atoms with Crippen LogP contribution in [-0.4, -0.2) is 71.4 Å². The lowest BCUT2D eigenvalue weighted by Gasteiger charge is -2.02. The van der Waals surface area contributed by atoms with Gasteiger partial charge in [-0.2, -0.15) is 0 Å². The van der Waals surface area contributed by atoms with E-state index in [4.69, 9.17) is 30.3 Å². The Morgan fingerprint density at radius 1 is 0.733 bits per heavy atom. The largest absolute Gasteiger partial charge is 0.633 e. The summed E-state index contributed by atoms with van der Waals surface area (Å²) in [5, 5.41) is 47.5. The fourth-order valence-electron chi connectivity index (χ4n) is 0.307. The first kappa shape index (κ1) is 20.2. The van der Waals surface area contributed by atoms with Crippen molar-refractivity contribution in [3.63, 3.8) is 0 Å². The van der Waals surface area contributed by atoms with Crippen molar-refractivity contribution in [3.05, 3.63) is 0 Å². The van der Waals surface area contributed by atoms with Crippen LogP contribution >= 0.6 is 0 Å². The first-order valence-electron chi connectivity index (χ1n) is 3.71. The van der Waals surface area contributed by atoms with Crippen LogP contribution in [0.2, 0.25) is 0 Å². The second kappa shape index (κ2) is 16.2. The first-order valence-corrected chi connectivity index (χ1v) is 3.71. The normalized spacial score (nSPS) is 8.40. The van der Waals surface area contributed by atoms with E-state index in [1.165, 1.54) is 0 Å². The van der Waals surface area contributed by atoms with E-state index >= 15 is 0 Å². The molecule has 0 fully saturated rings. The quantitative estimate of drug-likeness (QED) is 0.177. The molecule has 0 atom stereocenters. The number of hydrogen-bond donors (Lipinski definition) is 7. The molecule has 0 radical (unpaired) electrons. The van der Waals surface area contributed by atoms with Gasteiger partial charge < -0.3 is 45.8 Å². The Morgan fingerprint density at radius 2 is 1.00 bits per heavy atom. The molecular formula is C4H17B2NO8. The Morgan fingerprint density at radius 3 is 1.13 bits per heavy atom. The van der Waals surface area contributed by atoms with Crippen LogP contribution in [0.3, 0.4) is 0 Å². The van der Waals surface area contributed by atoms with Crippen molar-refractivity contribution in [1.82, 2.24) is 6.15 Å². The molecule has 0 aliphatic carbocycles. The summed E-state index contributed by atoms with van der Waals surface area (Å²) in [6.45, 7) is -0.482. The van der Waals surface area contributed by atoms with Gasteiger partial charge >= 0.3 is 14.6 Å². The van der Waals surface area contributed by atoms with E-state index < -0.39 is 14.6 Å². The highest BCUT2D eigenvalue weighted by atomic mass is 16.6. The summed E-state index contributed by atoms with van der Waals surface area (Å²) < 4.78 is 8.31. The molecule has 15 heavy (non-hydrogen) atoms. The van der Waals surface area contributed by atoms with Gasteiger partial charge in [0.1, 0.15) is 0 Å². The monoisotopic (exact) mass is 229 g/mol. The molecule has 0 rings (SSSR count). The van der Waals surface area contributed by atoms with Crippen LogP contribution in [-0.2, 0) is 9.31 Å². The number of hydrogen-bond acceptors (Lipinski definition) is 9. The van der Waals surface area contributed by atoms with Crippen LogP contribution in [0.15, 0.2) is 0 Å². The van der Waals surface area contributed by atoms with Crippen molar-refractivity contribution in [2.75, 3.05) is 26.4 Å². The van der Waals surface area contributed by atoms with Gasteiger partial charge in [-0.3, -0.25) is 0 Å². The Labute approximate surface area is 87.8 Å². The smallest absolute Gasteiger partial charge is 0.402 e. The van der Waals surface area contributed by atoms with Gasteiger partial charge in [0.15, 0.2) is 0 Å². The molecular weight excluding hydrogens is 212 g/mol. The summed E-state index contributed by atoms with van der Waals surface area (Å²) in [6, 6.07) is 0. The van der Waals surface area contributed by atoms with Crippen molar-refractivity contribution in [1.29, 1.82) is 0 Å². The van der Waals surface area contributed by atoms with Gasteiger partial charge in [0.05, 0.1) is 26.4 Å². The zero-order valence-electron chi connectivity index (χ0n) is 8.19. The van der Waals surface area contributed by atoms with Crippen LogP contribution < -0.4 is 6.15 Å². The van der Waals surface area contributed by atoms with Crippen LogP contribution in [0.5, 0.6) is 0 Å². The number of rotatable bonds is 6. The molecule has 92 valence electrons. The Bertz CT molecular complexity index is 94.6. The highest BCUT2D eigenvalue weighted by molar-refractivity contribution is 6.33. The van der Waals surface area contributed by atoms with Gasteiger partial charge in [-0.15, -0.1) is 0 Å². The molecule has 0 unspecified atom stereocenters. The third-order valence-electron chi connectivity index (χ3n) is 0.717. The summed E-state index contributed by atoms with van der Waals surface area (Å²) in [7, 11) is -3.70. The fourth-order valence-corrected chi connectivity index (χ4v) is 0.307. The minimum Gasteiger partial charge on any atom is -0.402 e. The lowest BCUT2D eigenvalue weighted by molar-refractivity contribution is 0.118. The van der Waals surface area contributed by atoms with Crippen molar-refractivity contribution in [2.45, 2.75) is 0 Å². The lowest BCUT2D eigenvalue weighted by Crippen LogP contribution is -2.24. The van der Waals surface area contributed by atoms with E-state index in [1.807, 2.05) is 0 Å². The van der Waals surface area contributed by atoms with Crippen LogP contribution in [0, 0.1) is 0 Å². The van der Waals surface area contributed by atoms with Crippen molar-refractivity contribution < 1.29 is 39.6 Å². The Hall–Kier alpha value is -0.230. The van der Waals surface area contributed by atoms with E-state index in [2.05, 4.69) is 9.31 Å². The maximum Gasteiger partial charge on any atom is 0.633 e. The highest BCUT2D eigenvalue weighted by Gasteiger charge is 2.10. The summed E-state index contributed by atoms with van der Waals surface area (Å²) >= 11 is 0. The summed E-state index contributed by atoms with van der Waals surface area (Å²) in [5.74, 6) is 0. The van der Waals surface area contributed by atoms with E-state index in [9.17, 15) is 0 Å². The van der Waals surface area contributed by atoms with Crippen LogP contribution in [0.25, 0.3) is 0 Å². The summed E-state index contributed by atoms with van der Waals surface area (Å²) in [4.78, 5) is 0. The zero-order valence-corrected chi connectivity index (χ0v) is 8.19. The average molecular weight is 229 g/mol. The van der Waals surface area contributed by atoms with Gasteiger partial charge in [-0.05, 0) is 0 Å². The lowest BCUT2D eigenvalue weighted by atomic mass is 10.2. The number of aliphatic hydroxyl groups is 2. The molecule has 9 N–H and O–H groups in total. The van der Waals surface area contributed by atoms with Gasteiger partial charge in [0, 0.05) is 0 Å².